The Balaban J connectivity index is 1.54. The van der Waals surface area contributed by atoms with Crippen molar-refractivity contribution < 1.29 is 27.5 Å². The predicted octanol–water partition coefficient (Wildman–Crippen LogP) is 4.94. The summed E-state index contributed by atoms with van der Waals surface area (Å²) in [5, 5.41) is 4.60. The first-order valence-corrected chi connectivity index (χ1v) is 10.2. The molecule has 9 heteroatoms. The molecule has 2 aromatic carbocycles. The van der Waals surface area contributed by atoms with Gasteiger partial charge in [0.25, 0.3) is 11.8 Å². The zero-order valence-electron chi connectivity index (χ0n) is 16.1. The summed E-state index contributed by atoms with van der Waals surface area (Å²) in [6, 6.07) is 13.4. The third kappa shape index (κ3) is 4.88. The van der Waals surface area contributed by atoms with Crippen molar-refractivity contribution in [2.45, 2.75) is 19.3 Å². The van der Waals surface area contributed by atoms with Gasteiger partial charge in [0.2, 0.25) is 0 Å². The van der Waals surface area contributed by atoms with Gasteiger partial charge in [-0.1, -0.05) is 18.2 Å². The topological polar surface area (TPSA) is 58.6 Å². The van der Waals surface area contributed by atoms with Gasteiger partial charge in [0.15, 0.2) is 6.61 Å². The van der Waals surface area contributed by atoms with E-state index in [1.807, 2.05) is 0 Å². The van der Waals surface area contributed by atoms with Crippen LogP contribution in [-0.2, 0) is 24.1 Å². The van der Waals surface area contributed by atoms with Crippen LogP contribution in [0.2, 0.25) is 0 Å². The van der Waals surface area contributed by atoms with Gasteiger partial charge in [0.1, 0.15) is 5.75 Å². The molecule has 2 amide bonds. The molecule has 0 fully saturated rings. The second-order valence-corrected chi connectivity index (χ2v) is 7.94. The molecule has 1 N–H and O–H groups in total. The number of hydrogen-bond acceptors (Lipinski definition) is 4. The molecule has 1 aliphatic heterocycles. The lowest BCUT2D eigenvalue weighted by Gasteiger charge is -2.21. The van der Waals surface area contributed by atoms with E-state index in [0.717, 1.165) is 12.1 Å². The molecule has 4 rings (SSSR count). The van der Waals surface area contributed by atoms with Gasteiger partial charge in [-0.2, -0.15) is 13.2 Å². The largest absolute Gasteiger partial charge is 0.483 e. The summed E-state index contributed by atoms with van der Waals surface area (Å²) < 4.78 is 44.6. The molecular formula is C22H17F3N2O3S. The number of carbonyl (C=O) groups excluding carboxylic acids is 2. The zero-order chi connectivity index (χ0) is 22.0. The summed E-state index contributed by atoms with van der Waals surface area (Å²) in [6.07, 6.45) is -4.45. The number of nitrogens with one attached hydrogen (secondary N) is 1. The van der Waals surface area contributed by atoms with E-state index >= 15 is 0 Å². The molecule has 160 valence electrons. The van der Waals surface area contributed by atoms with E-state index in [-0.39, 0.29) is 31.5 Å². The number of halogens is 3. The fourth-order valence-electron chi connectivity index (χ4n) is 3.26. The molecular weight excluding hydrogens is 429 g/mol. The van der Waals surface area contributed by atoms with Gasteiger partial charge in [-0.05, 0) is 47.3 Å². The van der Waals surface area contributed by atoms with Crippen LogP contribution < -0.4 is 10.1 Å². The number of rotatable bonds is 4. The van der Waals surface area contributed by atoms with Crippen LogP contribution in [0.1, 0.15) is 26.4 Å². The molecule has 3 aromatic rings. The van der Waals surface area contributed by atoms with Gasteiger partial charge in [-0.3, -0.25) is 9.59 Å². The van der Waals surface area contributed by atoms with E-state index in [4.69, 9.17) is 4.74 Å². The van der Waals surface area contributed by atoms with Crippen molar-refractivity contribution in [3.63, 3.8) is 0 Å². The van der Waals surface area contributed by atoms with Crippen LogP contribution in [0.25, 0.3) is 0 Å². The summed E-state index contributed by atoms with van der Waals surface area (Å²) in [6.45, 7) is -0.0582. The maximum Gasteiger partial charge on any atom is 0.416 e. The molecule has 0 saturated carbocycles. The Labute approximate surface area is 180 Å². The molecule has 31 heavy (non-hydrogen) atoms. The smallest absolute Gasteiger partial charge is 0.416 e. The number of anilines is 1. The fourth-order valence-corrected chi connectivity index (χ4v) is 3.88. The molecule has 2 heterocycles. The second kappa shape index (κ2) is 8.43. The number of fused-ring (bicyclic) bond motifs is 1. The molecule has 1 aromatic heterocycles. The van der Waals surface area contributed by atoms with Gasteiger partial charge in [0, 0.05) is 24.3 Å². The molecule has 0 saturated heterocycles. The number of hydrogen-bond donors (Lipinski definition) is 1. The number of amides is 2. The normalized spacial score (nSPS) is 13.9. The molecule has 1 aliphatic rings. The molecule has 0 aliphatic carbocycles. The Bertz CT molecular complexity index is 1110. The number of benzene rings is 2. The highest BCUT2D eigenvalue weighted by molar-refractivity contribution is 7.12. The summed E-state index contributed by atoms with van der Waals surface area (Å²) in [5.41, 5.74) is 0.798. The van der Waals surface area contributed by atoms with Crippen molar-refractivity contribution in [3.05, 3.63) is 81.5 Å². The van der Waals surface area contributed by atoms with E-state index in [1.54, 1.807) is 41.8 Å². The van der Waals surface area contributed by atoms with Crippen molar-refractivity contribution in [3.8, 4) is 5.75 Å². The van der Waals surface area contributed by atoms with E-state index in [0.29, 0.717) is 27.4 Å². The highest BCUT2D eigenvalue weighted by Crippen LogP contribution is 2.31. The van der Waals surface area contributed by atoms with Crippen molar-refractivity contribution in [2.24, 2.45) is 0 Å². The van der Waals surface area contributed by atoms with Crippen LogP contribution in [0.3, 0.4) is 0 Å². The van der Waals surface area contributed by atoms with Crippen LogP contribution in [-0.4, -0.2) is 23.3 Å². The van der Waals surface area contributed by atoms with E-state index in [9.17, 15) is 22.8 Å². The Morgan fingerprint density at radius 3 is 2.71 bits per heavy atom. The lowest BCUT2D eigenvalue weighted by atomic mass is 10.1. The average molecular weight is 446 g/mol. The number of nitrogens with zero attached hydrogens (tertiary/aromatic N) is 1. The Morgan fingerprint density at radius 1 is 1.13 bits per heavy atom. The van der Waals surface area contributed by atoms with Gasteiger partial charge in [-0.25, -0.2) is 0 Å². The highest BCUT2D eigenvalue weighted by Gasteiger charge is 2.31. The maximum atomic E-state index is 13.0. The van der Waals surface area contributed by atoms with Crippen molar-refractivity contribution in [1.82, 2.24) is 4.90 Å². The lowest BCUT2D eigenvalue weighted by Crippen LogP contribution is -2.32. The second-order valence-electron chi connectivity index (χ2n) is 6.99. The van der Waals surface area contributed by atoms with Gasteiger partial charge < -0.3 is 15.0 Å². The third-order valence-corrected chi connectivity index (χ3v) is 5.62. The van der Waals surface area contributed by atoms with E-state index in [1.165, 1.54) is 22.3 Å². The van der Waals surface area contributed by atoms with E-state index < -0.39 is 11.7 Å². The first kappa shape index (κ1) is 20.9. The number of thiophene rings is 1. The average Bonchev–Trinajstić information content (AvgIpc) is 3.22. The Hall–Kier alpha value is -3.33. The van der Waals surface area contributed by atoms with E-state index in [2.05, 4.69) is 5.32 Å². The zero-order valence-corrected chi connectivity index (χ0v) is 16.9. The molecule has 0 unspecified atom stereocenters. The standard InChI is InChI=1S/C22H17F3N2O3S/c23-22(24,25)16-4-1-3-14(9-16)11-27-12-15-10-17(6-7-18(15)30-13-20(27)28)26-21(29)19-5-2-8-31-19/h1-10H,11-13H2,(H,26,29). The Morgan fingerprint density at radius 2 is 1.97 bits per heavy atom. The molecule has 0 spiro atoms. The van der Waals surface area contributed by atoms with Crippen LogP contribution >= 0.6 is 11.3 Å². The van der Waals surface area contributed by atoms with Crippen LogP contribution in [0.15, 0.2) is 60.0 Å². The number of carbonyl (C=O) groups is 2. The van der Waals surface area contributed by atoms with Crippen LogP contribution in [0.4, 0.5) is 18.9 Å². The highest BCUT2D eigenvalue weighted by atomic mass is 32.1. The first-order chi connectivity index (χ1) is 14.8. The first-order valence-electron chi connectivity index (χ1n) is 9.34. The van der Waals surface area contributed by atoms with Crippen LogP contribution in [0, 0.1) is 0 Å². The minimum Gasteiger partial charge on any atom is -0.483 e. The molecule has 0 atom stereocenters. The maximum absolute atomic E-state index is 13.0. The predicted molar refractivity (Wildman–Crippen MR) is 110 cm³/mol. The van der Waals surface area contributed by atoms with Crippen molar-refractivity contribution >= 4 is 28.8 Å². The summed E-state index contributed by atoms with van der Waals surface area (Å²) in [5.74, 6) is -0.0896. The molecule has 0 bridgehead atoms. The molecule has 0 radical (unpaired) electrons. The number of ether oxygens (including phenoxy) is 1. The SMILES string of the molecule is O=C(Nc1ccc2c(c1)CN(Cc1cccc(C(F)(F)F)c1)C(=O)CO2)c1cccs1. The van der Waals surface area contributed by atoms with Gasteiger partial charge in [0.05, 0.1) is 10.4 Å². The summed E-state index contributed by atoms with van der Waals surface area (Å²) in [4.78, 5) is 26.8. The summed E-state index contributed by atoms with van der Waals surface area (Å²) in [7, 11) is 0. The Kier molecular flexibility index (Phi) is 5.69. The van der Waals surface area contributed by atoms with Crippen molar-refractivity contribution in [2.75, 3.05) is 11.9 Å². The third-order valence-electron chi connectivity index (χ3n) is 4.76. The summed E-state index contributed by atoms with van der Waals surface area (Å²) >= 11 is 1.32. The van der Waals surface area contributed by atoms with Gasteiger partial charge >= 0.3 is 6.18 Å². The lowest BCUT2D eigenvalue weighted by molar-refractivity contribution is -0.137. The van der Waals surface area contributed by atoms with Crippen molar-refractivity contribution in [1.29, 1.82) is 0 Å². The fraction of sp³-hybridized carbons (Fsp3) is 0.182. The monoisotopic (exact) mass is 446 g/mol. The number of alkyl halides is 3. The minimum atomic E-state index is -4.45. The quantitative estimate of drug-likeness (QED) is 0.618. The van der Waals surface area contributed by atoms with Gasteiger partial charge in [-0.15, -0.1) is 11.3 Å². The van der Waals surface area contributed by atoms with Crippen LogP contribution in [0.5, 0.6) is 5.75 Å². The molecule has 5 nitrogen and oxygen atoms in total. The minimum absolute atomic E-state index is 0.0112.